The molecule has 1 heterocycles. The first-order valence-corrected chi connectivity index (χ1v) is 8.72. The van der Waals surface area contributed by atoms with Gasteiger partial charge in [0.15, 0.2) is 0 Å². The van der Waals surface area contributed by atoms with Crippen molar-refractivity contribution in [3.63, 3.8) is 0 Å². The van der Waals surface area contributed by atoms with Gasteiger partial charge in [0, 0.05) is 18.0 Å². The quantitative estimate of drug-likeness (QED) is 0.708. The maximum absolute atomic E-state index is 12.3. The summed E-state index contributed by atoms with van der Waals surface area (Å²) in [5.41, 5.74) is 3.67. The number of benzene rings is 2. The van der Waals surface area contributed by atoms with Crippen molar-refractivity contribution in [1.29, 1.82) is 0 Å². The summed E-state index contributed by atoms with van der Waals surface area (Å²) < 4.78 is 1.85. The van der Waals surface area contributed by atoms with Crippen LogP contribution in [0.25, 0.3) is 0 Å². The van der Waals surface area contributed by atoms with Crippen molar-refractivity contribution < 1.29 is 9.59 Å². The van der Waals surface area contributed by atoms with Crippen LogP contribution in [0.5, 0.6) is 0 Å². The Hall–Kier alpha value is -3.41. The van der Waals surface area contributed by atoms with E-state index in [0.29, 0.717) is 18.1 Å². The van der Waals surface area contributed by atoms with Gasteiger partial charge in [0.1, 0.15) is 0 Å². The van der Waals surface area contributed by atoms with E-state index in [1.165, 1.54) is 0 Å². The number of aromatic nitrogens is 2. The molecule has 0 atom stereocenters. The Morgan fingerprint density at radius 2 is 1.74 bits per heavy atom. The van der Waals surface area contributed by atoms with E-state index < -0.39 is 0 Å². The van der Waals surface area contributed by atoms with Crippen molar-refractivity contribution >= 4 is 17.8 Å². The average molecular weight is 362 g/mol. The molecular formula is C21H22N4O2. The molecule has 0 aliphatic heterocycles. The van der Waals surface area contributed by atoms with Crippen LogP contribution in [0.1, 0.15) is 27.0 Å². The second-order valence-electron chi connectivity index (χ2n) is 6.47. The minimum absolute atomic E-state index is 0.121. The predicted octanol–water partition coefficient (Wildman–Crippen LogP) is 2.92. The summed E-state index contributed by atoms with van der Waals surface area (Å²) >= 11 is 0. The van der Waals surface area contributed by atoms with Gasteiger partial charge in [-0.15, -0.1) is 0 Å². The van der Waals surface area contributed by atoms with Crippen molar-refractivity contribution in [2.75, 3.05) is 11.9 Å². The SMILES string of the molecule is Cc1cc(C)cc(C(=O)NCC(=O)Nc2nccn2Cc2ccccc2)c1. The topological polar surface area (TPSA) is 76.0 Å². The third kappa shape index (κ3) is 5.04. The molecule has 0 spiro atoms. The standard InChI is InChI=1S/C21H22N4O2/c1-15-10-16(2)12-18(11-15)20(27)23-13-19(26)24-21-22-8-9-25(21)14-17-6-4-3-5-7-17/h3-12H,13-14H2,1-2H3,(H,23,27)(H,22,24,26). The zero-order valence-corrected chi connectivity index (χ0v) is 15.4. The van der Waals surface area contributed by atoms with Crippen LogP contribution in [-0.2, 0) is 11.3 Å². The molecule has 27 heavy (non-hydrogen) atoms. The highest BCUT2D eigenvalue weighted by molar-refractivity contribution is 5.99. The van der Waals surface area contributed by atoms with E-state index in [1.807, 2.05) is 54.8 Å². The maximum Gasteiger partial charge on any atom is 0.251 e. The summed E-state index contributed by atoms with van der Waals surface area (Å²) in [4.78, 5) is 28.6. The third-order valence-corrected chi connectivity index (χ3v) is 4.06. The third-order valence-electron chi connectivity index (χ3n) is 4.06. The van der Waals surface area contributed by atoms with Crippen molar-refractivity contribution in [2.45, 2.75) is 20.4 Å². The number of nitrogens with one attached hydrogen (secondary N) is 2. The van der Waals surface area contributed by atoms with Crippen molar-refractivity contribution in [3.05, 3.63) is 83.2 Å². The Morgan fingerprint density at radius 1 is 1.04 bits per heavy atom. The summed E-state index contributed by atoms with van der Waals surface area (Å²) in [7, 11) is 0. The molecule has 2 N–H and O–H groups in total. The number of hydrogen-bond acceptors (Lipinski definition) is 3. The fraction of sp³-hybridized carbons (Fsp3) is 0.190. The van der Waals surface area contributed by atoms with Gasteiger partial charge >= 0.3 is 0 Å². The number of amides is 2. The number of hydrogen-bond donors (Lipinski definition) is 2. The van der Waals surface area contributed by atoms with Crippen molar-refractivity contribution in [1.82, 2.24) is 14.9 Å². The Morgan fingerprint density at radius 3 is 2.44 bits per heavy atom. The molecule has 0 saturated carbocycles. The first kappa shape index (κ1) is 18.4. The maximum atomic E-state index is 12.3. The highest BCUT2D eigenvalue weighted by atomic mass is 16.2. The number of anilines is 1. The number of aryl methyl sites for hydroxylation is 2. The van der Waals surface area contributed by atoms with E-state index >= 15 is 0 Å². The first-order valence-electron chi connectivity index (χ1n) is 8.72. The molecule has 0 saturated heterocycles. The molecule has 6 heteroatoms. The number of nitrogens with zero attached hydrogens (tertiary/aromatic N) is 2. The molecule has 3 rings (SSSR count). The lowest BCUT2D eigenvalue weighted by molar-refractivity contribution is -0.115. The van der Waals surface area contributed by atoms with Crippen LogP contribution in [0.15, 0.2) is 60.9 Å². The summed E-state index contributed by atoms with van der Waals surface area (Å²) in [6, 6.07) is 15.5. The molecule has 0 bridgehead atoms. The minimum Gasteiger partial charge on any atom is -0.343 e. The molecule has 3 aromatic rings. The lowest BCUT2D eigenvalue weighted by Crippen LogP contribution is -2.33. The molecule has 6 nitrogen and oxygen atoms in total. The van der Waals surface area contributed by atoms with E-state index in [0.717, 1.165) is 16.7 Å². The van der Waals surface area contributed by atoms with Gasteiger partial charge in [0.05, 0.1) is 13.1 Å². The van der Waals surface area contributed by atoms with E-state index in [9.17, 15) is 9.59 Å². The van der Waals surface area contributed by atoms with Gasteiger partial charge in [0.2, 0.25) is 11.9 Å². The van der Waals surface area contributed by atoms with Crippen molar-refractivity contribution in [2.24, 2.45) is 0 Å². The monoisotopic (exact) mass is 362 g/mol. The van der Waals surface area contributed by atoms with Crippen LogP contribution < -0.4 is 10.6 Å². The second-order valence-corrected chi connectivity index (χ2v) is 6.47. The minimum atomic E-state index is -0.326. The fourth-order valence-electron chi connectivity index (χ4n) is 2.88. The van der Waals surface area contributed by atoms with E-state index in [1.54, 1.807) is 24.5 Å². The summed E-state index contributed by atoms with van der Waals surface area (Å²) in [6.45, 7) is 4.35. The molecule has 0 aliphatic carbocycles. The van der Waals surface area contributed by atoms with Gasteiger partial charge in [-0.2, -0.15) is 0 Å². The predicted molar refractivity (Wildman–Crippen MR) is 105 cm³/mol. The smallest absolute Gasteiger partial charge is 0.251 e. The molecule has 2 aromatic carbocycles. The number of carbonyl (C=O) groups is 2. The highest BCUT2D eigenvalue weighted by Crippen LogP contribution is 2.10. The summed E-state index contributed by atoms with van der Waals surface area (Å²) in [5, 5.41) is 5.39. The van der Waals surface area contributed by atoms with Crippen LogP contribution in [0.4, 0.5) is 5.95 Å². The molecule has 0 radical (unpaired) electrons. The molecular weight excluding hydrogens is 340 g/mol. The van der Waals surface area contributed by atoms with Crippen LogP contribution in [0, 0.1) is 13.8 Å². The van der Waals surface area contributed by atoms with E-state index in [4.69, 9.17) is 0 Å². The van der Waals surface area contributed by atoms with Gasteiger partial charge in [-0.1, -0.05) is 47.5 Å². The second kappa shape index (κ2) is 8.31. The van der Waals surface area contributed by atoms with Crippen LogP contribution in [0.2, 0.25) is 0 Å². The molecule has 2 amide bonds. The van der Waals surface area contributed by atoms with E-state index in [2.05, 4.69) is 15.6 Å². The van der Waals surface area contributed by atoms with Gasteiger partial charge < -0.3 is 9.88 Å². The Kier molecular flexibility index (Phi) is 5.66. The first-order chi connectivity index (χ1) is 13.0. The zero-order chi connectivity index (χ0) is 19.2. The molecule has 0 unspecified atom stereocenters. The lowest BCUT2D eigenvalue weighted by Gasteiger charge is -2.10. The zero-order valence-electron chi connectivity index (χ0n) is 15.4. The van der Waals surface area contributed by atoms with Crippen LogP contribution >= 0.6 is 0 Å². The van der Waals surface area contributed by atoms with Gasteiger partial charge in [0.25, 0.3) is 5.91 Å². The van der Waals surface area contributed by atoms with E-state index in [-0.39, 0.29) is 18.4 Å². The number of imidazole rings is 1. The molecule has 138 valence electrons. The average Bonchev–Trinajstić information content (AvgIpc) is 3.06. The van der Waals surface area contributed by atoms with Gasteiger partial charge in [-0.25, -0.2) is 4.98 Å². The number of rotatable bonds is 6. The summed E-state index contributed by atoms with van der Waals surface area (Å²) in [6.07, 6.45) is 3.43. The lowest BCUT2D eigenvalue weighted by atomic mass is 10.1. The van der Waals surface area contributed by atoms with Gasteiger partial charge in [-0.3, -0.25) is 14.9 Å². The summed E-state index contributed by atoms with van der Waals surface area (Å²) in [5.74, 6) is -0.151. The van der Waals surface area contributed by atoms with Gasteiger partial charge in [-0.05, 0) is 31.5 Å². The van der Waals surface area contributed by atoms with Crippen LogP contribution in [-0.4, -0.2) is 27.9 Å². The number of carbonyl (C=O) groups excluding carboxylic acids is 2. The largest absolute Gasteiger partial charge is 0.343 e. The molecule has 0 aliphatic rings. The molecule has 1 aromatic heterocycles. The fourth-order valence-corrected chi connectivity index (χ4v) is 2.88. The Labute approximate surface area is 158 Å². The van der Waals surface area contributed by atoms with Crippen LogP contribution in [0.3, 0.4) is 0 Å². The highest BCUT2D eigenvalue weighted by Gasteiger charge is 2.11. The normalized spacial score (nSPS) is 10.4. The Bertz CT molecular complexity index is 928. The Balaban J connectivity index is 1.57. The van der Waals surface area contributed by atoms with Crippen molar-refractivity contribution in [3.8, 4) is 0 Å². The molecule has 0 fully saturated rings.